The largest absolute Gasteiger partial charge is 0.492 e. The standard InChI is InChI=1S/C46H55FN10O7S/c1-29-27-48-45(52-41(29)49-32-6-5-7-34(24-32)65(62,63)53-46(2,3)4)50-31-8-10-33(11-9-31)64-23-22-54-16-14-30(15-17-54)28-55-18-20-56(21-19-55)39-26-36-35(25-37(39)47)43(60)57(44(36)61)38-12-13-40(58)51-42(38)59/h5-11,24-27,30,38,53H,12-23,28H2,1-4H3,(H,51,58,59)(H2,48,49,50,52)/i18D2,19D2,20D2,21D2. The highest BCUT2D eigenvalue weighted by molar-refractivity contribution is 7.89. The summed E-state index contributed by atoms with van der Waals surface area (Å²) in [5, 5.41) is 8.38. The van der Waals surface area contributed by atoms with Crippen LogP contribution in [0.4, 0.5) is 33.2 Å². The van der Waals surface area contributed by atoms with Crippen LogP contribution < -0.4 is 30.3 Å². The fourth-order valence-electron chi connectivity index (χ4n) is 7.81. The van der Waals surface area contributed by atoms with Gasteiger partial charge in [-0.15, -0.1) is 0 Å². The molecule has 5 heterocycles. The SMILES string of the molecule is [2H]C1([2H])N(CC2CCN(CCOc3ccc(Nc4ncc(C)c(Nc5cccc(S(=O)(=O)NC(C)(C)C)c5)n4)cc3)CC2)C([2H])([2H])C([2H])([2H])N(c2cc3c(cc2F)C(=O)N(C2CCC(=O)NC2=O)C3=O)C1([2H])[2H]. The first-order valence-electron chi connectivity index (χ1n) is 25.1. The lowest BCUT2D eigenvalue weighted by Crippen LogP contribution is -2.54. The van der Waals surface area contributed by atoms with Crippen LogP contribution in [0.5, 0.6) is 5.75 Å². The Kier molecular flexibility index (Phi) is 10.5. The van der Waals surface area contributed by atoms with E-state index >= 15 is 4.39 Å². The van der Waals surface area contributed by atoms with Gasteiger partial charge in [0.1, 0.15) is 30.0 Å². The maximum Gasteiger partial charge on any atom is 0.262 e. The minimum absolute atomic E-state index is 0.00569. The summed E-state index contributed by atoms with van der Waals surface area (Å²) in [6.45, 7) is -4.98. The van der Waals surface area contributed by atoms with E-state index < -0.39 is 99.8 Å². The topological polar surface area (TPSA) is 199 Å². The number of carbonyl (C=O) groups is 4. The van der Waals surface area contributed by atoms with E-state index in [1.54, 1.807) is 63.4 Å². The molecule has 0 bridgehead atoms. The number of piperidine rings is 2. The van der Waals surface area contributed by atoms with Gasteiger partial charge in [-0.1, -0.05) is 6.07 Å². The number of anilines is 5. The van der Waals surface area contributed by atoms with E-state index in [2.05, 4.69) is 30.2 Å². The van der Waals surface area contributed by atoms with Crippen molar-refractivity contribution in [1.82, 2.24) is 34.7 Å². The second-order valence-corrected chi connectivity index (χ2v) is 18.9. The van der Waals surface area contributed by atoms with Crippen molar-refractivity contribution < 1.29 is 47.7 Å². The number of amides is 4. The molecule has 0 aliphatic carbocycles. The minimum atomic E-state index is -3.76. The second-order valence-electron chi connectivity index (χ2n) is 17.2. The molecule has 4 aromatic rings. The number of fused-ring (bicyclic) bond motifs is 1. The Bertz CT molecular complexity index is 2930. The van der Waals surface area contributed by atoms with E-state index in [-0.39, 0.29) is 29.2 Å². The average molecular weight is 919 g/mol. The molecule has 0 saturated carbocycles. The van der Waals surface area contributed by atoms with E-state index in [0.717, 1.165) is 5.56 Å². The van der Waals surface area contributed by atoms with Gasteiger partial charge in [-0.05, 0) is 121 Å². The maximum atomic E-state index is 16.1. The van der Waals surface area contributed by atoms with Crippen LogP contribution in [-0.4, -0.2) is 127 Å². The quantitative estimate of drug-likeness (QED) is 0.126. The predicted octanol–water partition coefficient (Wildman–Crippen LogP) is 4.80. The van der Waals surface area contributed by atoms with Crippen LogP contribution in [0.3, 0.4) is 0 Å². The highest BCUT2D eigenvalue weighted by Gasteiger charge is 2.45. The third-order valence-corrected chi connectivity index (χ3v) is 12.9. The number of carbonyl (C=O) groups excluding carboxylic acids is 4. The van der Waals surface area contributed by atoms with Crippen LogP contribution in [0, 0.1) is 18.7 Å². The van der Waals surface area contributed by atoms with E-state index in [1.807, 2.05) is 12.2 Å². The molecule has 1 atom stereocenters. The number of nitrogens with zero attached hydrogens (tertiary/aromatic N) is 6. The summed E-state index contributed by atoms with van der Waals surface area (Å²) in [6, 6.07) is 13.4. The zero-order valence-corrected chi connectivity index (χ0v) is 37.0. The van der Waals surface area contributed by atoms with Crippen LogP contribution in [0.25, 0.3) is 0 Å². The van der Waals surface area contributed by atoms with Crippen LogP contribution in [0.1, 0.15) is 83.7 Å². The number of aryl methyl sites for hydroxylation is 1. The molecule has 3 aromatic carbocycles. The van der Waals surface area contributed by atoms with Crippen molar-refractivity contribution in [2.24, 2.45) is 5.92 Å². The molecule has 19 heteroatoms. The summed E-state index contributed by atoms with van der Waals surface area (Å²) >= 11 is 0. The highest BCUT2D eigenvalue weighted by Crippen LogP contribution is 2.34. The van der Waals surface area contributed by atoms with Gasteiger partial charge in [0.25, 0.3) is 11.8 Å². The Hall–Kier alpha value is -6.02. The van der Waals surface area contributed by atoms with Gasteiger partial charge in [0.15, 0.2) is 0 Å². The lowest BCUT2D eigenvalue weighted by atomic mass is 9.96. The molecule has 8 rings (SSSR count). The van der Waals surface area contributed by atoms with Crippen LogP contribution in [0.2, 0.25) is 0 Å². The summed E-state index contributed by atoms with van der Waals surface area (Å²) in [7, 11) is -3.76. The predicted molar refractivity (Wildman–Crippen MR) is 243 cm³/mol. The summed E-state index contributed by atoms with van der Waals surface area (Å²) in [5.74, 6) is -4.20. The molecule has 3 saturated heterocycles. The number of hydrogen-bond acceptors (Lipinski definition) is 14. The zero-order chi connectivity index (χ0) is 53.2. The Morgan fingerprint density at radius 2 is 1.60 bits per heavy atom. The number of aromatic nitrogens is 2. The molecule has 344 valence electrons. The average Bonchev–Trinajstić information content (AvgIpc) is 3.53. The van der Waals surface area contributed by atoms with E-state index in [9.17, 15) is 27.6 Å². The van der Waals surface area contributed by atoms with Gasteiger partial charge in [-0.3, -0.25) is 39.2 Å². The first kappa shape index (κ1) is 36.2. The number of nitrogens with one attached hydrogen (secondary N) is 4. The highest BCUT2D eigenvalue weighted by atomic mass is 32.2. The number of ether oxygens (including phenoxy) is 1. The van der Waals surface area contributed by atoms with Crippen LogP contribution in [0.15, 0.2) is 71.8 Å². The van der Waals surface area contributed by atoms with Gasteiger partial charge in [-0.25, -0.2) is 22.5 Å². The Morgan fingerprint density at radius 1 is 0.892 bits per heavy atom. The van der Waals surface area contributed by atoms with E-state index in [0.29, 0.717) is 89.9 Å². The van der Waals surface area contributed by atoms with Gasteiger partial charge in [0, 0.05) is 79.7 Å². The summed E-state index contributed by atoms with van der Waals surface area (Å²) in [4.78, 5) is 63.4. The van der Waals surface area contributed by atoms with Gasteiger partial charge in [0.2, 0.25) is 27.8 Å². The van der Waals surface area contributed by atoms with Crippen molar-refractivity contribution in [1.29, 1.82) is 0 Å². The molecule has 4 aliphatic heterocycles. The van der Waals surface area contributed by atoms with Crippen molar-refractivity contribution in [3.8, 4) is 5.75 Å². The number of likely N-dealkylation sites (tertiary alicyclic amines) is 1. The third kappa shape index (κ3) is 10.8. The Balaban J connectivity index is 0.850. The number of sulfonamides is 1. The van der Waals surface area contributed by atoms with E-state index in [4.69, 9.17) is 15.7 Å². The normalized spacial score (nSPS) is 24.0. The molecule has 4 N–H and O–H groups in total. The first-order valence-corrected chi connectivity index (χ1v) is 22.6. The molecule has 0 radical (unpaired) electrons. The first-order chi connectivity index (χ1) is 34.0. The fraction of sp³-hybridized carbons (Fsp3) is 0.435. The molecule has 4 amide bonds. The van der Waals surface area contributed by atoms with E-state index in [1.165, 1.54) is 12.1 Å². The molecule has 4 aliphatic rings. The zero-order valence-electron chi connectivity index (χ0n) is 44.2. The van der Waals surface area contributed by atoms with Gasteiger partial charge >= 0.3 is 0 Å². The second kappa shape index (κ2) is 18.8. The summed E-state index contributed by atoms with van der Waals surface area (Å²) in [6.07, 6.45) is 2.11. The van der Waals surface area contributed by atoms with Crippen LogP contribution in [-0.2, 0) is 19.6 Å². The van der Waals surface area contributed by atoms with Gasteiger partial charge in [0.05, 0.1) is 27.2 Å². The monoisotopic (exact) mass is 918 g/mol. The molecular weight excluding hydrogens is 856 g/mol. The van der Waals surface area contributed by atoms with Crippen molar-refractivity contribution >= 4 is 62.5 Å². The van der Waals surface area contributed by atoms with Crippen LogP contribution >= 0.6 is 0 Å². The molecule has 0 spiro atoms. The Labute approximate surface area is 389 Å². The lowest BCUT2D eigenvalue weighted by molar-refractivity contribution is -0.136. The number of hydrogen-bond donors (Lipinski definition) is 4. The molecule has 3 fully saturated rings. The molecule has 1 aromatic heterocycles. The summed E-state index contributed by atoms with van der Waals surface area (Å²) in [5.41, 5.74) is -0.800. The van der Waals surface area contributed by atoms with Crippen molar-refractivity contribution in [3.05, 3.63) is 89.4 Å². The van der Waals surface area contributed by atoms with Crippen molar-refractivity contribution in [2.75, 3.05) is 74.3 Å². The smallest absolute Gasteiger partial charge is 0.262 e. The van der Waals surface area contributed by atoms with Gasteiger partial charge < -0.3 is 20.3 Å². The molecule has 17 nitrogen and oxygen atoms in total. The Morgan fingerprint density at radius 3 is 2.29 bits per heavy atom. The number of halogens is 1. The molecular formula is C46H55FN10O7S. The number of imide groups is 2. The van der Waals surface area contributed by atoms with Crippen molar-refractivity contribution in [3.63, 3.8) is 0 Å². The number of benzene rings is 3. The molecule has 65 heavy (non-hydrogen) atoms. The lowest BCUT2D eigenvalue weighted by Gasteiger charge is -2.39. The minimum Gasteiger partial charge on any atom is -0.492 e. The maximum absolute atomic E-state index is 16.1. The summed E-state index contributed by atoms with van der Waals surface area (Å²) < 4.78 is 122. The fourth-order valence-corrected chi connectivity index (χ4v) is 9.28. The van der Waals surface area contributed by atoms with Crippen molar-refractivity contribution in [2.45, 2.75) is 69.9 Å². The number of piperazine rings is 1. The number of rotatable bonds is 14. The third-order valence-electron chi connectivity index (χ3n) is 11.1. The molecule has 1 unspecified atom stereocenters. The van der Waals surface area contributed by atoms with Gasteiger partial charge in [-0.2, -0.15) is 4.98 Å².